The van der Waals surface area contributed by atoms with E-state index in [9.17, 15) is 9.59 Å². The molecule has 1 unspecified atom stereocenters. The Labute approximate surface area is 200 Å². The zero-order valence-electron chi connectivity index (χ0n) is 19.9. The van der Waals surface area contributed by atoms with Gasteiger partial charge in [-0.25, -0.2) is 0 Å². The van der Waals surface area contributed by atoms with Crippen LogP contribution >= 0.6 is 0 Å². The van der Waals surface area contributed by atoms with Gasteiger partial charge < -0.3 is 24.4 Å². The van der Waals surface area contributed by atoms with Gasteiger partial charge in [0.15, 0.2) is 0 Å². The van der Waals surface area contributed by atoms with E-state index in [0.717, 1.165) is 16.9 Å². The first-order chi connectivity index (χ1) is 16.4. The second-order valence-corrected chi connectivity index (χ2v) is 7.76. The number of anilines is 1. The van der Waals surface area contributed by atoms with E-state index >= 15 is 0 Å². The summed E-state index contributed by atoms with van der Waals surface area (Å²) in [5.74, 6) is 1.34. The maximum Gasteiger partial charge on any atom is 0.247 e. The van der Waals surface area contributed by atoms with E-state index < -0.39 is 6.04 Å². The molecule has 3 rings (SSSR count). The van der Waals surface area contributed by atoms with Gasteiger partial charge in [0.1, 0.15) is 23.3 Å². The Morgan fingerprint density at radius 2 is 1.47 bits per heavy atom. The number of carbonyl (C=O) groups excluding carboxylic acids is 2. The first kappa shape index (κ1) is 24.6. The fourth-order valence-electron chi connectivity index (χ4n) is 3.52. The number of methoxy groups -OCH3 is 3. The van der Waals surface area contributed by atoms with Gasteiger partial charge in [-0.2, -0.15) is 0 Å². The van der Waals surface area contributed by atoms with Gasteiger partial charge in [-0.15, -0.1) is 0 Å². The Kier molecular flexibility index (Phi) is 8.51. The average Bonchev–Trinajstić information content (AvgIpc) is 2.87. The largest absolute Gasteiger partial charge is 0.497 e. The van der Waals surface area contributed by atoms with Gasteiger partial charge in [0.05, 0.1) is 33.4 Å². The molecule has 0 aromatic heterocycles. The number of rotatable bonds is 10. The van der Waals surface area contributed by atoms with Crippen LogP contribution in [0.1, 0.15) is 18.1 Å². The summed E-state index contributed by atoms with van der Waals surface area (Å²) in [5, 5.41) is 2.88. The van der Waals surface area contributed by atoms with Crippen molar-refractivity contribution in [1.29, 1.82) is 0 Å². The number of amides is 2. The van der Waals surface area contributed by atoms with Gasteiger partial charge in [-0.3, -0.25) is 9.59 Å². The molecule has 0 aliphatic carbocycles. The first-order valence-electron chi connectivity index (χ1n) is 10.9. The molecule has 34 heavy (non-hydrogen) atoms. The van der Waals surface area contributed by atoms with E-state index in [-0.39, 0.29) is 24.8 Å². The molecular formula is C27H30N2O5. The molecular weight excluding hydrogens is 432 g/mol. The van der Waals surface area contributed by atoms with Crippen LogP contribution in [-0.2, 0) is 22.6 Å². The van der Waals surface area contributed by atoms with Crippen molar-refractivity contribution in [2.75, 3.05) is 26.6 Å². The number of nitrogens with zero attached hydrogens (tertiary/aromatic N) is 1. The van der Waals surface area contributed by atoms with Crippen molar-refractivity contribution < 1.29 is 23.8 Å². The van der Waals surface area contributed by atoms with Gasteiger partial charge in [-0.1, -0.05) is 42.5 Å². The van der Waals surface area contributed by atoms with Crippen LogP contribution in [0.5, 0.6) is 17.2 Å². The van der Waals surface area contributed by atoms with E-state index in [1.807, 2.05) is 54.6 Å². The van der Waals surface area contributed by atoms with E-state index in [0.29, 0.717) is 17.2 Å². The molecule has 0 fully saturated rings. The minimum Gasteiger partial charge on any atom is -0.497 e. The second kappa shape index (κ2) is 11.7. The third kappa shape index (κ3) is 6.28. The van der Waals surface area contributed by atoms with Gasteiger partial charge >= 0.3 is 0 Å². The first-order valence-corrected chi connectivity index (χ1v) is 10.9. The van der Waals surface area contributed by atoms with Gasteiger partial charge in [0, 0.05) is 12.6 Å². The molecule has 1 N–H and O–H groups in total. The van der Waals surface area contributed by atoms with E-state index in [4.69, 9.17) is 14.2 Å². The Hall–Kier alpha value is -4.00. The number of nitrogens with one attached hydrogen (secondary N) is 1. The van der Waals surface area contributed by atoms with Crippen LogP contribution in [0.15, 0.2) is 72.8 Å². The van der Waals surface area contributed by atoms with Gasteiger partial charge in [-0.05, 0) is 42.3 Å². The highest BCUT2D eigenvalue weighted by atomic mass is 16.5. The van der Waals surface area contributed by atoms with Crippen LogP contribution in [0.4, 0.5) is 5.69 Å². The molecule has 0 aliphatic heterocycles. The number of hydrogen-bond acceptors (Lipinski definition) is 5. The van der Waals surface area contributed by atoms with Crippen LogP contribution in [0.25, 0.3) is 0 Å². The Morgan fingerprint density at radius 1 is 0.824 bits per heavy atom. The Bertz CT molecular complexity index is 1100. The van der Waals surface area contributed by atoms with Crippen molar-refractivity contribution in [3.8, 4) is 17.2 Å². The lowest BCUT2D eigenvalue weighted by atomic mass is 10.1. The lowest BCUT2D eigenvalue weighted by Crippen LogP contribution is -2.45. The Balaban J connectivity index is 1.82. The van der Waals surface area contributed by atoms with Crippen LogP contribution in [-0.4, -0.2) is 44.1 Å². The van der Waals surface area contributed by atoms with E-state index in [1.165, 1.54) is 7.11 Å². The van der Waals surface area contributed by atoms with Crippen molar-refractivity contribution in [2.24, 2.45) is 0 Å². The molecule has 7 nitrogen and oxygen atoms in total. The van der Waals surface area contributed by atoms with Crippen molar-refractivity contribution in [2.45, 2.75) is 25.9 Å². The molecule has 0 aliphatic rings. The summed E-state index contributed by atoms with van der Waals surface area (Å²) in [6.45, 7) is 2.00. The van der Waals surface area contributed by atoms with Crippen LogP contribution in [0.3, 0.4) is 0 Å². The molecule has 0 radical (unpaired) electrons. The third-order valence-electron chi connectivity index (χ3n) is 5.54. The van der Waals surface area contributed by atoms with Gasteiger partial charge in [0.2, 0.25) is 11.8 Å². The lowest BCUT2D eigenvalue weighted by Gasteiger charge is -2.29. The summed E-state index contributed by atoms with van der Waals surface area (Å²) >= 11 is 0. The average molecular weight is 463 g/mol. The van der Waals surface area contributed by atoms with Gasteiger partial charge in [0.25, 0.3) is 0 Å². The lowest BCUT2D eigenvalue weighted by molar-refractivity contribution is -0.138. The smallest absolute Gasteiger partial charge is 0.247 e. The van der Waals surface area contributed by atoms with Crippen molar-refractivity contribution >= 4 is 17.5 Å². The highest BCUT2D eigenvalue weighted by Gasteiger charge is 2.27. The number of benzene rings is 3. The standard InChI is InChI=1S/C27H30N2O5/c1-19(27(31)28-24-15-14-23(33-3)17-25(24)34-4)29(18-21-10-12-22(32-2)13-11-21)26(30)16-20-8-6-5-7-9-20/h5-15,17,19H,16,18H2,1-4H3,(H,28,31). The van der Waals surface area contributed by atoms with E-state index in [2.05, 4.69) is 5.32 Å². The van der Waals surface area contributed by atoms with Crippen LogP contribution in [0, 0.1) is 0 Å². The van der Waals surface area contributed by atoms with Crippen molar-refractivity contribution in [3.63, 3.8) is 0 Å². The molecule has 3 aromatic carbocycles. The quantitative estimate of drug-likeness (QED) is 0.486. The topological polar surface area (TPSA) is 77.1 Å². The molecule has 1 atom stereocenters. The maximum atomic E-state index is 13.3. The molecule has 3 aromatic rings. The molecule has 0 bridgehead atoms. The number of hydrogen-bond donors (Lipinski definition) is 1. The minimum absolute atomic E-state index is 0.147. The highest BCUT2D eigenvalue weighted by Crippen LogP contribution is 2.29. The summed E-state index contributed by atoms with van der Waals surface area (Å²) in [4.78, 5) is 28.1. The van der Waals surface area contributed by atoms with Crippen molar-refractivity contribution in [3.05, 3.63) is 83.9 Å². The molecule has 0 saturated carbocycles. The predicted octanol–water partition coefficient (Wildman–Crippen LogP) is 4.31. The zero-order chi connectivity index (χ0) is 24.5. The number of carbonyl (C=O) groups is 2. The molecule has 2 amide bonds. The number of ether oxygens (including phenoxy) is 3. The molecule has 7 heteroatoms. The third-order valence-corrected chi connectivity index (χ3v) is 5.54. The summed E-state index contributed by atoms with van der Waals surface area (Å²) in [6, 6.07) is 21.3. The summed E-state index contributed by atoms with van der Waals surface area (Å²) < 4.78 is 15.8. The zero-order valence-corrected chi connectivity index (χ0v) is 19.9. The summed E-state index contributed by atoms with van der Waals surface area (Å²) in [7, 11) is 4.68. The second-order valence-electron chi connectivity index (χ2n) is 7.76. The van der Waals surface area contributed by atoms with Crippen LogP contribution in [0.2, 0.25) is 0 Å². The molecule has 0 heterocycles. The predicted molar refractivity (Wildman–Crippen MR) is 131 cm³/mol. The monoisotopic (exact) mass is 462 g/mol. The molecule has 178 valence electrons. The molecule has 0 spiro atoms. The fraction of sp³-hybridized carbons (Fsp3) is 0.259. The SMILES string of the molecule is COc1ccc(CN(C(=O)Cc2ccccc2)C(C)C(=O)Nc2ccc(OC)cc2OC)cc1. The van der Waals surface area contributed by atoms with E-state index in [1.54, 1.807) is 44.2 Å². The molecule has 0 saturated heterocycles. The normalized spacial score (nSPS) is 11.3. The fourth-order valence-corrected chi connectivity index (χ4v) is 3.52. The summed E-state index contributed by atoms with van der Waals surface area (Å²) in [6.07, 6.45) is 0.195. The van der Waals surface area contributed by atoms with Crippen molar-refractivity contribution in [1.82, 2.24) is 4.90 Å². The minimum atomic E-state index is -0.731. The van der Waals surface area contributed by atoms with Crippen LogP contribution < -0.4 is 19.5 Å². The Morgan fingerprint density at radius 3 is 2.09 bits per heavy atom. The highest BCUT2D eigenvalue weighted by molar-refractivity contribution is 5.98. The summed E-state index contributed by atoms with van der Waals surface area (Å²) in [5.41, 5.74) is 2.28. The maximum absolute atomic E-state index is 13.3.